The fourth-order valence-electron chi connectivity index (χ4n) is 2.42. The minimum Gasteiger partial charge on any atom is -0.480 e. The minimum absolute atomic E-state index is 0.0308. The molecule has 0 aliphatic carbocycles. The van der Waals surface area contributed by atoms with Gasteiger partial charge in [0.2, 0.25) is 17.7 Å². The lowest BCUT2D eigenvalue weighted by atomic mass is 10.0. The van der Waals surface area contributed by atoms with Gasteiger partial charge in [0, 0.05) is 5.75 Å². The van der Waals surface area contributed by atoms with E-state index in [2.05, 4.69) is 28.6 Å². The van der Waals surface area contributed by atoms with Crippen LogP contribution in [-0.4, -0.2) is 81.9 Å². The summed E-state index contributed by atoms with van der Waals surface area (Å²) in [5.74, 6) is -2.64. The quantitative estimate of drug-likeness (QED) is 0.159. The second kappa shape index (κ2) is 14.5. The smallest absolute Gasteiger partial charge is 0.326 e. The van der Waals surface area contributed by atoms with E-state index in [4.69, 9.17) is 5.73 Å². The molecule has 0 radical (unpaired) electrons. The highest BCUT2D eigenvalue weighted by Crippen LogP contribution is 2.08. The molecular weight excluding hydrogens is 432 g/mol. The van der Waals surface area contributed by atoms with Crippen molar-refractivity contribution < 1.29 is 29.4 Å². The summed E-state index contributed by atoms with van der Waals surface area (Å²) < 4.78 is 0. The number of amides is 3. The molecule has 0 aliphatic heterocycles. The first-order valence-corrected chi connectivity index (χ1v) is 11.6. The number of aliphatic hydroxyl groups is 1. The molecule has 10 nitrogen and oxygen atoms in total. The van der Waals surface area contributed by atoms with Gasteiger partial charge in [0.1, 0.15) is 24.2 Å². The molecule has 30 heavy (non-hydrogen) atoms. The van der Waals surface area contributed by atoms with Crippen LogP contribution in [0.15, 0.2) is 0 Å². The van der Waals surface area contributed by atoms with E-state index in [9.17, 15) is 29.4 Å². The fourth-order valence-corrected chi connectivity index (χ4v) is 3.15. The molecule has 174 valence electrons. The lowest BCUT2D eigenvalue weighted by molar-refractivity contribution is -0.142. The first-order valence-electron chi connectivity index (χ1n) is 9.61. The Morgan fingerprint density at radius 2 is 1.47 bits per heavy atom. The van der Waals surface area contributed by atoms with Crippen molar-refractivity contribution in [2.24, 2.45) is 11.7 Å². The van der Waals surface area contributed by atoms with Gasteiger partial charge in [-0.05, 0) is 37.7 Å². The third kappa shape index (κ3) is 10.5. The molecule has 0 aromatic carbocycles. The number of thioether (sulfide) groups is 1. The first-order chi connectivity index (χ1) is 13.9. The lowest BCUT2D eigenvalue weighted by Crippen LogP contribution is -2.58. The highest BCUT2D eigenvalue weighted by atomic mass is 32.2. The van der Waals surface area contributed by atoms with Crippen molar-refractivity contribution in [2.45, 2.75) is 63.9 Å². The second-order valence-electron chi connectivity index (χ2n) is 7.38. The van der Waals surface area contributed by atoms with Crippen LogP contribution in [0.1, 0.15) is 33.6 Å². The monoisotopic (exact) mass is 466 g/mol. The number of carbonyl (C=O) groups is 4. The van der Waals surface area contributed by atoms with Gasteiger partial charge in [0.15, 0.2) is 0 Å². The van der Waals surface area contributed by atoms with Crippen molar-refractivity contribution in [1.82, 2.24) is 16.0 Å². The molecule has 0 aromatic rings. The minimum atomic E-state index is -1.22. The Hall–Kier alpha value is -1.50. The molecule has 0 aromatic heterocycles. The normalized spacial score (nSPS) is 16.1. The van der Waals surface area contributed by atoms with Crippen molar-refractivity contribution in [3.05, 3.63) is 0 Å². The molecule has 0 saturated carbocycles. The van der Waals surface area contributed by atoms with Crippen molar-refractivity contribution in [1.29, 1.82) is 0 Å². The largest absolute Gasteiger partial charge is 0.480 e. The Labute approximate surface area is 186 Å². The Kier molecular flexibility index (Phi) is 13.8. The molecule has 5 atom stereocenters. The summed E-state index contributed by atoms with van der Waals surface area (Å²) in [6.07, 6.45) is 1.24. The maximum absolute atomic E-state index is 12.7. The summed E-state index contributed by atoms with van der Waals surface area (Å²) >= 11 is 5.52. The maximum Gasteiger partial charge on any atom is 0.326 e. The van der Waals surface area contributed by atoms with E-state index in [1.165, 1.54) is 18.7 Å². The average molecular weight is 467 g/mol. The van der Waals surface area contributed by atoms with Crippen LogP contribution in [0.5, 0.6) is 0 Å². The first kappa shape index (κ1) is 28.5. The van der Waals surface area contributed by atoms with E-state index in [-0.39, 0.29) is 24.5 Å². The van der Waals surface area contributed by atoms with Crippen LogP contribution >= 0.6 is 24.4 Å². The van der Waals surface area contributed by atoms with E-state index in [0.717, 1.165) is 0 Å². The predicted molar refractivity (Wildman–Crippen MR) is 119 cm³/mol. The number of hydrogen-bond donors (Lipinski definition) is 7. The highest BCUT2D eigenvalue weighted by molar-refractivity contribution is 7.98. The lowest BCUT2D eigenvalue weighted by Gasteiger charge is -2.25. The molecule has 7 N–H and O–H groups in total. The Morgan fingerprint density at radius 1 is 0.967 bits per heavy atom. The number of rotatable bonds is 14. The number of carbonyl (C=O) groups excluding carboxylic acids is 3. The molecule has 0 saturated heterocycles. The van der Waals surface area contributed by atoms with Crippen molar-refractivity contribution in [3.8, 4) is 0 Å². The van der Waals surface area contributed by atoms with E-state index >= 15 is 0 Å². The third-order valence-electron chi connectivity index (χ3n) is 4.20. The zero-order valence-electron chi connectivity index (χ0n) is 17.8. The number of aliphatic hydroxyl groups excluding tert-OH is 1. The molecule has 0 bridgehead atoms. The van der Waals surface area contributed by atoms with Crippen LogP contribution in [0.3, 0.4) is 0 Å². The van der Waals surface area contributed by atoms with Crippen molar-refractivity contribution >= 4 is 48.1 Å². The summed E-state index contributed by atoms with van der Waals surface area (Å²) in [5, 5.41) is 26.1. The molecule has 0 spiro atoms. The standard InChI is InChI=1S/C18H34N4O6S2/c1-9(2)7-12(15(24)20-11(18(27)28)5-6-30-4)21-16(25)13(8-29)22-17(26)14(19)10(3)23/h9-14,23,29H,5-8,19H2,1-4H3,(H,20,24)(H,21,25)(H,22,26)(H,27,28). The summed E-state index contributed by atoms with van der Waals surface area (Å²) in [4.78, 5) is 48.7. The second-order valence-corrected chi connectivity index (χ2v) is 8.73. The number of thiol groups is 1. The number of nitrogens with one attached hydrogen (secondary N) is 3. The molecule has 0 fully saturated rings. The average Bonchev–Trinajstić information content (AvgIpc) is 2.66. The van der Waals surface area contributed by atoms with E-state index in [1.807, 2.05) is 20.1 Å². The predicted octanol–water partition coefficient (Wildman–Crippen LogP) is -1.04. The number of nitrogens with two attached hydrogens (primary N) is 1. The van der Waals surface area contributed by atoms with Gasteiger partial charge in [-0.1, -0.05) is 13.8 Å². The van der Waals surface area contributed by atoms with Crippen molar-refractivity contribution in [3.63, 3.8) is 0 Å². The zero-order valence-corrected chi connectivity index (χ0v) is 19.5. The Balaban J connectivity index is 5.24. The highest BCUT2D eigenvalue weighted by Gasteiger charge is 2.30. The molecule has 0 rings (SSSR count). The topological polar surface area (TPSA) is 171 Å². The van der Waals surface area contributed by atoms with Gasteiger partial charge in [0.25, 0.3) is 0 Å². The number of carboxylic acid groups (broad SMARTS) is 1. The van der Waals surface area contributed by atoms with Crippen LogP contribution in [0, 0.1) is 5.92 Å². The van der Waals surface area contributed by atoms with Gasteiger partial charge in [-0.15, -0.1) is 0 Å². The van der Waals surface area contributed by atoms with Gasteiger partial charge in [0.05, 0.1) is 6.10 Å². The Morgan fingerprint density at radius 3 is 1.90 bits per heavy atom. The van der Waals surface area contributed by atoms with Crippen LogP contribution in [0.25, 0.3) is 0 Å². The molecular formula is C18H34N4O6S2. The van der Waals surface area contributed by atoms with Crippen LogP contribution in [0.4, 0.5) is 0 Å². The van der Waals surface area contributed by atoms with E-state index < -0.39 is 54.0 Å². The van der Waals surface area contributed by atoms with Crippen LogP contribution in [-0.2, 0) is 19.2 Å². The zero-order chi connectivity index (χ0) is 23.4. The van der Waals surface area contributed by atoms with Gasteiger partial charge in [-0.2, -0.15) is 24.4 Å². The molecule has 3 amide bonds. The fraction of sp³-hybridized carbons (Fsp3) is 0.778. The van der Waals surface area contributed by atoms with Gasteiger partial charge in [-0.25, -0.2) is 4.79 Å². The molecule has 5 unspecified atom stereocenters. The van der Waals surface area contributed by atoms with E-state index in [0.29, 0.717) is 5.75 Å². The summed E-state index contributed by atoms with van der Waals surface area (Å²) in [6, 6.07) is -4.36. The summed E-state index contributed by atoms with van der Waals surface area (Å²) in [6.45, 7) is 5.06. The van der Waals surface area contributed by atoms with Crippen molar-refractivity contribution in [2.75, 3.05) is 17.8 Å². The van der Waals surface area contributed by atoms with Crippen LogP contribution < -0.4 is 21.7 Å². The van der Waals surface area contributed by atoms with E-state index in [1.54, 1.807) is 0 Å². The molecule has 0 aliphatic rings. The summed E-state index contributed by atoms with van der Waals surface area (Å²) in [7, 11) is 0. The molecule has 12 heteroatoms. The molecule has 0 heterocycles. The Bertz CT molecular complexity index is 591. The SMILES string of the molecule is CSCCC(NC(=O)C(CC(C)C)NC(=O)C(CS)NC(=O)C(N)C(C)O)C(=O)O. The number of carboxylic acids is 1. The van der Waals surface area contributed by atoms with Gasteiger partial charge >= 0.3 is 5.97 Å². The summed E-state index contributed by atoms with van der Waals surface area (Å²) in [5.41, 5.74) is 5.56. The van der Waals surface area contributed by atoms with Gasteiger partial charge in [-0.3, -0.25) is 14.4 Å². The van der Waals surface area contributed by atoms with Crippen LogP contribution in [0.2, 0.25) is 0 Å². The third-order valence-corrected chi connectivity index (χ3v) is 5.21. The number of aliphatic carboxylic acids is 1. The number of hydrogen-bond acceptors (Lipinski definition) is 8. The van der Waals surface area contributed by atoms with Gasteiger partial charge < -0.3 is 31.9 Å². The maximum atomic E-state index is 12.7.